The number of nitrogens with one attached hydrogen (secondary N) is 1. The van der Waals surface area contributed by atoms with Crippen molar-refractivity contribution in [3.05, 3.63) is 51.6 Å². The minimum absolute atomic E-state index is 0.385. The molecule has 6 heteroatoms. The van der Waals surface area contributed by atoms with Crippen LogP contribution in [0.2, 0.25) is 0 Å². The Morgan fingerprint density at radius 3 is 2.84 bits per heavy atom. The summed E-state index contributed by atoms with van der Waals surface area (Å²) in [5.41, 5.74) is 3.17. The lowest BCUT2D eigenvalue weighted by Crippen LogP contribution is -2.32. The van der Waals surface area contributed by atoms with Gasteiger partial charge < -0.3 is 10.1 Å². The molecule has 0 aliphatic carbocycles. The average molecular weight is 355 g/mol. The van der Waals surface area contributed by atoms with Crippen molar-refractivity contribution in [1.82, 2.24) is 14.9 Å². The van der Waals surface area contributed by atoms with Gasteiger partial charge in [0.25, 0.3) is 0 Å². The highest BCUT2D eigenvalue weighted by molar-refractivity contribution is 7.13. The molecule has 1 fully saturated rings. The van der Waals surface area contributed by atoms with Gasteiger partial charge in [0.2, 0.25) is 0 Å². The fraction of sp³-hybridized carbons (Fsp3) is 0.368. The number of aromatic nitrogens is 2. The molecule has 1 aliphatic rings. The number of hydrogen-bond donors (Lipinski definition) is 2. The molecule has 2 N–H and O–H groups in total. The lowest BCUT2D eigenvalue weighted by molar-refractivity contribution is 0.0701. The van der Waals surface area contributed by atoms with E-state index in [9.17, 15) is 9.90 Å². The highest BCUT2D eigenvalue weighted by Gasteiger charge is 2.25. The summed E-state index contributed by atoms with van der Waals surface area (Å²) >= 11 is 1.35. The minimum atomic E-state index is -0.863. The van der Waals surface area contributed by atoms with Crippen LogP contribution in [-0.4, -0.2) is 39.0 Å². The number of rotatable bonds is 4. The molecule has 3 aromatic rings. The van der Waals surface area contributed by atoms with Gasteiger partial charge >= 0.3 is 5.97 Å². The van der Waals surface area contributed by atoms with Crippen molar-refractivity contribution in [3.63, 3.8) is 0 Å². The molecule has 0 unspecified atom stereocenters. The van der Waals surface area contributed by atoms with Crippen LogP contribution in [0, 0.1) is 6.92 Å². The van der Waals surface area contributed by atoms with E-state index in [1.54, 1.807) is 6.92 Å². The molecule has 0 radical (unpaired) electrons. The van der Waals surface area contributed by atoms with Crippen LogP contribution in [0.25, 0.3) is 10.9 Å². The second kappa shape index (κ2) is 6.61. The van der Waals surface area contributed by atoms with E-state index in [-0.39, 0.29) is 0 Å². The fourth-order valence-corrected chi connectivity index (χ4v) is 4.71. The summed E-state index contributed by atoms with van der Waals surface area (Å²) in [7, 11) is 0. The van der Waals surface area contributed by atoms with Gasteiger partial charge in [0, 0.05) is 29.6 Å². The number of fused-ring (bicyclic) bond motifs is 1. The molecule has 1 aliphatic heterocycles. The predicted octanol–water partition coefficient (Wildman–Crippen LogP) is 4.01. The monoisotopic (exact) mass is 355 g/mol. The highest BCUT2D eigenvalue weighted by Crippen LogP contribution is 2.33. The van der Waals surface area contributed by atoms with Crippen LogP contribution in [0.15, 0.2) is 30.5 Å². The maximum atomic E-state index is 11.2. The molecule has 2 aromatic heterocycles. The van der Waals surface area contributed by atoms with Crippen LogP contribution >= 0.6 is 11.3 Å². The first kappa shape index (κ1) is 16.3. The van der Waals surface area contributed by atoms with Gasteiger partial charge in [-0.25, -0.2) is 9.78 Å². The third-order valence-corrected chi connectivity index (χ3v) is 6.32. The van der Waals surface area contributed by atoms with Crippen molar-refractivity contribution in [2.75, 3.05) is 13.1 Å². The van der Waals surface area contributed by atoms with Gasteiger partial charge in [0.05, 0.1) is 10.7 Å². The fourth-order valence-electron chi connectivity index (χ4n) is 3.63. The Morgan fingerprint density at radius 1 is 1.36 bits per heavy atom. The van der Waals surface area contributed by atoms with Crippen LogP contribution in [0.3, 0.4) is 0 Å². The summed E-state index contributed by atoms with van der Waals surface area (Å²) in [6.45, 7) is 4.78. The number of nitrogens with zero attached hydrogens (tertiary/aromatic N) is 2. The Hall–Kier alpha value is -2.18. The molecule has 0 amide bonds. The minimum Gasteiger partial charge on any atom is -0.477 e. The van der Waals surface area contributed by atoms with E-state index >= 15 is 0 Å². The standard InChI is InChI=1S/C19H21N3O2S/c1-12-17(19(23)24)25-18(21-12)13-6-8-22(9-7-13)11-14-10-20-16-5-3-2-4-15(14)16/h2-5,10,13,20H,6-9,11H2,1H3,(H,23,24). The number of aromatic amines is 1. The number of para-hydroxylation sites is 1. The van der Waals surface area contributed by atoms with E-state index in [1.165, 1.54) is 27.8 Å². The number of likely N-dealkylation sites (tertiary alicyclic amines) is 1. The number of hydrogen-bond acceptors (Lipinski definition) is 4. The molecular weight excluding hydrogens is 334 g/mol. The molecule has 0 atom stereocenters. The number of carboxylic acids is 1. The zero-order chi connectivity index (χ0) is 17.4. The number of thiazole rings is 1. The maximum absolute atomic E-state index is 11.2. The first-order valence-electron chi connectivity index (χ1n) is 8.60. The van der Waals surface area contributed by atoms with Gasteiger partial charge in [-0.05, 0) is 44.5 Å². The molecule has 1 aromatic carbocycles. The quantitative estimate of drug-likeness (QED) is 0.742. The predicted molar refractivity (Wildman–Crippen MR) is 99.4 cm³/mol. The lowest BCUT2D eigenvalue weighted by Gasteiger charge is -2.30. The molecular formula is C19H21N3O2S. The second-order valence-electron chi connectivity index (χ2n) is 6.68. The van der Waals surface area contributed by atoms with Crippen LogP contribution in [-0.2, 0) is 6.54 Å². The highest BCUT2D eigenvalue weighted by atomic mass is 32.1. The molecule has 5 nitrogen and oxygen atoms in total. The van der Waals surface area contributed by atoms with E-state index in [1.807, 2.05) is 0 Å². The Kier molecular flexibility index (Phi) is 4.31. The third kappa shape index (κ3) is 3.19. The van der Waals surface area contributed by atoms with Crippen molar-refractivity contribution in [2.45, 2.75) is 32.2 Å². The zero-order valence-corrected chi connectivity index (χ0v) is 15.0. The molecule has 0 bridgehead atoms. The van der Waals surface area contributed by atoms with E-state index in [0.717, 1.165) is 37.5 Å². The first-order chi connectivity index (χ1) is 12.1. The molecule has 4 rings (SSSR count). The van der Waals surface area contributed by atoms with E-state index in [2.05, 4.69) is 45.3 Å². The van der Waals surface area contributed by atoms with Gasteiger partial charge in [-0.15, -0.1) is 11.3 Å². The first-order valence-corrected chi connectivity index (χ1v) is 9.41. The van der Waals surface area contributed by atoms with Crippen LogP contribution in [0.4, 0.5) is 0 Å². The number of carbonyl (C=O) groups is 1. The Labute approximate surface area is 150 Å². The number of aryl methyl sites for hydroxylation is 1. The zero-order valence-electron chi connectivity index (χ0n) is 14.2. The van der Waals surface area contributed by atoms with Crippen molar-refractivity contribution in [3.8, 4) is 0 Å². The van der Waals surface area contributed by atoms with Crippen molar-refractivity contribution in [2.24, 2.45) is 0 Å². The smallest absolute Gasteiger partial charge is 0.347 e. The van der Waals surface area contributed by atoms with Crippen LogP contribution < -0.4 is 0 Å². The van der Waals surface area contributed by atoms with Crippen molar-refractivity contribution < 1.29 is 9.90 Å². The normalized spacial score (nSPS) is 16.5. The number of H-pyrrole nitrogens is 1. The number of aromatic carboxylic acids is 1. The third-order valence-electron chi connectivity index (χ3n) is 5.01. The molecule has 130 valence electrons. The Bertz CT molecular complexity index is 906. The molecule has 0 spiro atoms. The molecule has 3 heterocycles. The van der Waals surface area contributed by atoms with Gasteiger partial charge in [0.1, 0.15) is 4.88 Å². The van der Waals surface area contributed by atoms with E-state index in [4.69, 9.17) is 0 Å². The topological polar surface area (TPSA) is 69.2 Å². The number of piperidine rings is 1. The Morgan fingerprint density at radius 2 is 2.12 bits per heavy atom. The number of benzene rings is 1. The summed E-state index contributed by atoms with van der Waals surface area (Å²) < 4.78 is 0. The van der Waals surface area contributed by atoms with Crippen LogP contribution in [0.1, 0.15) is 44.7 Å². The number of carboxylic acid groups (broad SMARTS) is 1. The molecule has 1 saturated heterocycles. The van der Waals surface area contributed by atoms with Gasteiger partial charge in [0.15, 0.2) is 0 Å². The molecule has 0 saturated carbocycles. The van der Waals surface area contributed by atoms with Gasteiger partial charge in [-0.3, -0.25) is 4.90 Å². The Balaban J connectivity index is 1.41. The van der Waals surface area contributed by atoms with Gasteiger partial charge in [-0.2, -0.15) is 0 Å². The second-order valence-corrected chi connectivity index (χ2v) is 7.71. The average Bonchev–Trinajstić information content (AvgIpc) is 3.20. The summed E-state index contributed by atoms with van der Waals surface area (Å²) in [6.07, 6.45) is 4.18. The van der Waals surface area contributed by atoms with E-state index < -0.39 is 5.97 Å². The SMILES string of the molecule is Cc1nc(C2CCN(Cc3c[nH]c4ccccc34)CC2)sc1C(=O)O. The summed E-state index contributed by atoms with van der Waals surface area (Å²) in [6, 6.07) is 8.40. The van der Waals surface area contributed by atoms with Gasteiger partial charge in [-0.1, -0.05) is 18.2 Å². The maximum Gasteiger partial charge on any atom is 0.347 e. The van der Waals surface area contributed by atoms with E-state index in [0.29, 0.717) is 16.5 Å². The lowest BCUT2D eigenvalue weighted by atomic mass is 9.97. The summed E-state index contributed by atoms with van der Waals surface area (Å²) in [5, 5.41) is 11.5. The summed E-state index contributed by atoms with van der Waals surface area (Å²) in [4.78, 5) is 21.9. The van der Waals surface area contributed by atoms with Crippen molar-refractivity contribution in [1.29, 1.82) is 0 Å². The summed E-state index contributed by atoms with van der Waals surface area (Å²) in [5.74, 6) is -0.478. The largest absolute Gasteiger partial charge is 0.477 e. The van der Waals surface area contributed by atoms with Crippen molar-refractivity contribution >= 4 is 28.2 Å². The van der Waals surface area contributed by atoms with Crippen LogP contribution in [0.5, 0.6) is 0 Å². The molecule has 25 heavy (non-hydrogen) atoms.